The summed E-state index contributed by atoms with van der Waals surface area (Å²) in [7, 11) is -0.177. The maximum atomic E-state index is 12.1. The molecule has 0 bridgehead atoms. The molecule has 1 N–H and O–H groups in total. The number of hydrogen-bond acceptors (Lipinski definition) is 5. The van der Waals surface area contributed by atoms with Gasteiger partial charge in [0.1, 0.15) is 0 Å². The topological polar surface area (TPSA) is 64.1 Å². The van der Waals surface area contributed by atoms with Gasteiger partial charge in [-0.1, -0.05) is 18.2 Å². The van der Waals surface area contributed by atoms with Crippen LogP contribution in [0.1, 0.15) is 18.4 Å². The molecular weight excluding hydrogens is 350 g/mol. The van der Waals surface area contributed by atoms with Crippen molar-refractivity contribution in [1.29, 1.82) is 0 Å². The van der Waals surface area contributed by atoms with Gasteiger partial charge in [0.25, 0.3) is 0 Å². The number of nitrogens with zero attached hydrogens (tertiary/aromatic N) is 3. The number of likely N-dealkylation sites (tertiary alicyclic amines) is 1. The molecule has 0 aliphatic carbocycles. The molecule has 0 radical (unpaired) electrons. The standard InChI is InChI=1S/C19H31N3O3S/c1-15-6-4-5-7-18(15)21-10-8-17(9-11-21)22-12-16(19(23)13-22)14-26(24,25)20(2)3/h4-7,16-17,19,23H,8-14H2,1-3H3/t16-,19+/m0/s1. The molecule has 2 fully saturated rings. The van der Waals surface area contributed by atoms with Gasteiger partial charge in [-0.15, -0.1) is 0 Å². The summed E-state index contributed by atoms with van der Waals surface area (Å²) in [6.45, 7) is 5.41. The minimum absolute atomic E-state index is 0.0275. The molecule has 0 saturated carbocycles. The summed E-state index contributed by atoms with van der Waals surface area (Å²) in [5, 5.41) is 10.4. The van der Waals surface area contributed by atoms with Crippen molar-refractivity contribution in [2.75, 3.05) is 50.9 Å². The third-order valence-corrected chi connectivity index (χ3v) is 7.81. The molecule has 1 aromatic rings. The van der Waals surface area contributed by atoms with Gasteiger partial charge in [-0.25, -0.2) is 12.7 Å². The largest absolute Gasteiger partial charge is 0.391 e. The van der Waals surface area contributed by atoms with Crippen LogP contribution in [0.3, 0.4) is 0 Å². The van der Waals surface area contributed by atoms with Gasteiger partial charge in [0.2, 0.25) is 10.0 Å². The maximum Gasteiger partial charge on any atom is 0.214 e. The second-order valence-corrected chi connectivity index (χ2v) is 10.1. The van der Waals surface area contributed by atoms with Crippen LogP contribution in [0.4, 0.5) is 5.69 Å². The molecule has 2 heterocycles. The lowest BCUT2D eigenvalue weighted by Crippen LogP contribution is -2.44. The molecule has 2 aliphatic rings. The van der Waals surface area contributed by atoms with Crippen LogP contribution in [0.5, 0.6) is 0 Å². The Morgan fingerprint density at radius 1 is 1.15 bits per heavy atom. The molecule has 2 saturated heterocycles. The number of hydrogen-bond donors (Lipinski definition) is 1. The van der Waals surface area contributed by atoms with Crippen LogP contribution in [-0.2, 0) is 10.0 Å². The number of aryl methyl sites for hydroxylation is 1. The predicted octanol–water partition coefficient (Wildman–Crippen LogP) is 1.15. The summed E-state index contributed by atoms with van der Waals surface area (Å²) in [4.78, 5) is 4.74. The molecule has 2 aliphatic heterocycles. The SMILES string of the molecule is Cc1ccccc1N1CCC(N2C[C@@H](CS(=O)(=O)N(C)C)[C@H](O)C2)CC1. The number of sulfonamides is 1. The van der Waals surface area contributed by atoms with Crippen molar-refractivity contribution in [2.45, 2.75) is 31.9 Å². The Morgan fingerprint density at radius 3 is 2.42 bits per heavy atom. The van der Waals surface area contributed by atoms with E-state index in [0.717, 1.165) is 25.9 Å². The first-order valence-electron chi connectivity index (χ1n) is 9.41. The number of aliphatic hydroxyl groups excluding tert-OH is 1. The Kier molecular flexibility index (Phi) is 5.91. The average molecular weight is 382 g/mol. The molecule has 7 heteroatoms. The minimum Gasteiger partial charge on any atom is -0.391 e. The van der Waals surface area contributed by atoms with E-state index in [1.54, 1.807) is 14.1 Å². The van der Waals surface area contributed by atoms with Gasteiger partial charge in [0.05, 0.1) is 11.9 Å². The fraction of sp³-hybridized carbons (Fsp3) is 0.684. The number of piperidine rings is 1. The third kappa shape index (κ3) is 4.22. The van der Waals surface area contributed by atoms with Crippen molar-refractivity contribution in [2.24, 2.45) is 5.92 Å². The lowest BCUT2D eigenvalue weighted by Gasteiger charge is -2.38. The fourth-order valence-corrected chi connectivity index (χ4v) is 5.33. The summed E-state index contributed by atoms with van der Waals surface area (Å²) < 4.78 is 25.5. The molecule has 26 heavy (non-hydrogen) atoms. The van der Waals surface area contributed by atoms with Crippen LogP contribution in [0.2, 0.25) is 0 Å². The normalized spacial score (nSPS) is 26.0. The zero-order valence-electron chi connectivity index (χ0n) is 16.0. The van der Waals surface area contributed by atoms with Crippen molar-refractivity contribution in [3.05, 3.63) is 29.8 Å². The molecular formula is C19H31N3O3S. The van der Waals surface area contributed by atoms with Gasteiger partial charge in [0, 0.05) is 57.9 Å². The zero-order chi connectivity index (χ0) is 18.9. The van der Waals surface area contributed by atoms with Crippen molar-refractivity contribution in [1.82, 2.24) is 9.21 Å². The van der Waals surface area contributed by atoms with E-state index in [2.05, 4.69) is 41.0 Å². The van der Waals surface area contributed by atoms with E-state index >= 15 is 0 Å². The highest BCUT2D eigenvalue weighted by molar-refractivity contribution is 7.89. The van der Waals surface area contributed by atoms with Crippen LogP contribution in [0, 0.1) is 12.8 Å². The van der Waals surface area contributed by atoms with Crippen LogP contribution < -0.4 is 4.90 Å². The second-order valence-electron chi connectivity index (χ2n) is 7.85. The predicted molar refractivity (Wildman–Crippen MR) is 105 cm³/mol. The van der Waals surface area contributed by atoms with E-state index in [4.69, 9.17) is 0 Å². The number of benzene rings is 1. The summed E-state index contributed by atoms with van der Waals surface area (Å²) in [5.41, 5.74) is 2.61. The summed E-state index contributed by atoms with van der Waals surface area (Å²) in [6, 6.07) is 8.91. The number of para-hydroxylation sites is 1. The van der Waals surface area contributed by atoms with Crippen molar-refractivity contribution >= 4 is 15.7 Å². The Bertz CT molecular complexity index is 714. The summed E-state index contributed by atoms with van der Waals surface area (Å²) in [5.74, 6) is -0.170. The maximum absolute atomic E-state index is 12.1. The molecule has 0 amide bonds. The van der Waals surface area contributed by atoms with Crippen LogP contribution >= 0.6 is 0 Å². The first-order chi connectivity index (χ1) is 12.3. The Balaban J connectivity index is 1.56. The average Bonchev–Trinajstić information content (AvgIpc) is 2.95. The summed E-state index contributed by atoms with van der Waals surface area (Å²) >= 11 is 0. The molecule has 0 spiro atoms. The lowest BCUT2D eigenvalue weighted by molar-refractivity contribution is 0.136. The highest BCUT2D eigenvalue weighted by atomic mass is 32.2. The first kappa shape index (κ1) is 19.6. The quantitative estimate of drug-likeness (QED) is 0.829. The first-order valence-corrected chi connectivity index (χ1v) is 11.0. The van der Waals surface area contributed by atoms with Crippen LogP contribution in [0.25, 0.3) is 0 Å². The molecule has 2 atom stereocenters. The fourth-order valence-electron chi connectivity index (χ4n) is 4.16. The van der Waals surface area contributed by atoms with E-state index in [1.165, 1.54) is 15.6 Å². The van der Waals surface area contributed by atoms with E-state index in [-0.39, 0.29) is 11.7 Å². The van der Waals surface area contributed by atoms with Crippen LogP contribution in [-0.4, -0.2) is 80.9 Å². The molecule has 0 unspecified atom stereocenters. The van der Waals surface area contributed by atoms with Gasteiger partial charge >= 0.3 is 0 Å². The Labute approximate surface area is 157 Å². The number of rotatable bonds is 5. The summed E-state index contributed by atoms with van der Waals surface area (Å²) in [6.07, 6.45) is 1.54. The molecule has 0 aromatic heterocycles. The number of aliphatic hydroxyl groups is 1. The van der Waals surface area contributed by atoms with Gasteiger partial charge in [-0.2, -0.15) is 0 Å². The van der Waals surface area contributed by atoms with Crippen molar-refractivity contribution < 1.29 is 13.5 Å². The van der Waals surface area contributed by atoms with Crippen LogP contribution in [0.15, 0.2) is 24.3 Å². The molecule has 1 aromatic carbocycles. The van der Waals surface area contributed by atoms with Gasteiger partial charge in [-0.3, -0.25) is 4.90 Å². The third-order valence-electron chi connectivity index (χ3n) is 5.85. The van der Waals surface area contributed by atoms with Crippen molar-refractivity contribution in [3.8, 4) is 0 Å². The van der Waals surface area contributed by atoms with Gasteiger partial charge in [0.15, 0.2) is 0 Å². The van der Waals surface area contributed by atoms with E-state index in [9.17, 15) is 13.5 Å². The lowest BCUT2D eigenvalue weighted by atomic mass is 10.0. The van der Waals surface area contributed by atoms with Gasteiger partial charge < -0.3 is 10.0 Å². The van der Waals surface area contributed by atoms with E-state index in [0.29, 0.717) is 19.1 Å². The second kappa shape index (κ2) is 7.84. The molecule has 3 rings (SSSR count). The minimum atomic E-state index is -3.28. The smallest absolute Gasteiger partial charge is 0.214 e. The van der Waals surface area contributed by atoms with Gasteiger partial charge in [-0.05, 0) is 31.4 Å². The zero-order valence-corrected chi connectivity index (χ0v) is 16.8. The molecule has 146 valence electrons. The molecule has 6 nitrogen and oxygen atoms in total. The highest BCUT2D eigenvalue weighted by Crippen LogP contribution is 2.29. The Hall–Kier alpha value is -1.15. The number of β-amino-alcohol motifs (C(OH)–C–C–N with tert-alkyl or cyclic N) is 1. The highest BCUT2D eigenvalue weighted by Gasteiger charge is 2.38. The van der Waals surface area contributed by atoms with E-state index < -0.39 is 16.1 Å². The number of anilines is 1. The monoisotopic (exact) mass is 381 g/mol. The van der Waals surface area contributed by atoms with E-state index in [1.807, 2.05) is 0 Å². The van der Waals surface area contributed by atoms with Crippen molar-refractivity contribution in [3.63, 3.8) is 0 Å². The Morgan fingerprint density at radius 2 is 1.81 bits per heavy atom.